The Bertz CT molecular complexity index is 878. The van der Waals surface area contributed by atoms with Gasteiger partial charge in [0.25, 0.3) is 5.91 Å². The molecule has 9 heteroatoms. The van der Waals surface area contributed by atoms with Crippen molar-refractivity contribution < 1.29 is 19.1 Å². The average Bonchev–Trinajstić information content (AvgIpc) is 3.23. The molecule has 3 heterocycles. The van der Waals surface area contributed by atoms with Gasteiger partial charge < -0.3 is 14.8 Å². The number of ether oxygens (including phenoxy) is 2. The van der Waals surface area contributed by atoms with Crippen LogP contribution in [-0.2, 0) is 17.8 Å². The van der Waals surface area contributed by atoms with Crippen LogP contribution in [0.1, 0.15) is 31.1 Å². The first-order chi connectivity index (χ1) is 13.0. The van der Waals surface area contributed by atoms with Gasteiger partial charge >= 0.3 is 6.03 Å². The number of benzene rings is 1. The van der Waals surface area contributed by atoms with Gasteiger partial charge in [0.1, 0.15) is 19.3 Å². The second-order valence-corrected chi connectivity index (χ2v) is 6.86. The lowest BCUT2D eigenvalue weighted by atomic mass is 10.1. The van der Waals surface area contributed by atoms with E-state index in [9.17, 15) is 9.59 Å². The maximum absolute atomic E-state index is 12.7. The van der Waals surface area contributed by atoms with Crippen molar-refractivity contribution in [3.8, 4) is 11.5 Å². The molecule has 1 aromatic carbocycles. The molecule has 0 spiro atoms. The van der Waals surface area contributed by atoms with Crippen molar-refractivity contribution in [2.75, 3.05) is 13.2 Å². The molecule has 1 atom stereocenters. The summed E-state index contributed by atoms with van der Waals surface area (Å²) in [5, 5.41) is 10.8. The number of hydrogen-bond acceptors (Lipinski definition) is 6. The van der Waals surface area contributed by atoms with Gasteiger partial charge in [-0.05, 0) is 19.9 Å². The average molecular weight is 371 g/mol. The largest absolute Gasteiger partial charge is 0.486 e. The smallest absolute Gasteiger partial charge is 0.325 e. The first-order valence-corrected chi connectivity index (χ1v) is 8.93. The predicted molar refractivity (Wildman–Crippen MR) is 94.4 cm³/mol. The lowest BCUT2D eigenvalue weighted by Gasteiger charge is -2.22. The minimum absolute atomic E-state index is 0.131. The van der Waals surface area contributed by atoms with Crippen molar-refractivity contribution in [1.82, 2.24) is 25.2 Å². The number of para-hydroxylation sites is 1. The summed E-state index contributed by atoms with van der Waals surface area (Å²) in [6.45, 7) is 5.05. The van der Waals surface area contributed by atoms with E-state index in [4.69, 9.17) is 9.47 Å². The highest BCUT2D eigenvalue weighted by Crippen LogP contribution is 2.34. The van der Waals surface area contributed by atoms with Crippen molar-refractivity contribution in [2.45, 2.75) is 38.9 Å². The molecule has 3 amide bonds. The molecule has 0 bridgehead atoms. The van der Waals surface area contributed by atoms with Gasteiger partial charge in [-0.3, -0.25) is 9.69 Å². The van der Waals surface area contributed by atoms with Crippen LogP contribution in [0.4, 0.5) is 4.79 Å². The fraction of sp³-hybridized carbons (Fsp3) is 0.444. The molecule has 27 heavy (non-hydrogen) atoms. The van der Waals surface area contributed by atoms with E-state index in [2.05, 4.69) is 15.6 Å². The Kier molecular flexibility index (Phi) is 4.43. The molecule has 0 radical (unpaired) electrons. The second kappa shape index (κ2) is 6.90. The molecule has 1 saturated heterocycles. The zero-order valence-electron chi connectivity index (χ0n) is 15.2. The Labute approximate surface area is 156 Å². The standard InChI is InChI=1S/C18H21N5O4/c1-11(2)23-10-13(20-21-23)8-14-17(24)22(18(25)19-14)9-12-4-3-5-15-16(12)27-7-6-26-15/h3-5,10-11,14H,6-9H2,1-2H3,(H,19,25). The quantitative estimate of drug-likeness (QED) is 0.796. The van der Waals surface area contributed by atoms with Gasteiger partial charge in [0.15, 0.2) is 11.5 Å². The highest BCUT2D eigenvalue weighted by atomic mass is 16.6. The van der Waals surface area contributed by atoms with Crippen LogP contribution in [0.5, 0.6) is 11.5 Å². The number of nitrogens with one attached hydrogen (secondary N) is 1. The number of aromatic nitrogens is 3. The molecule has 1 fully saturated rings. The monoisotopic (exact) mass is 371 g/mol. The van der Waals surface area contributed by atoms with Crippen molar-refractivity contribution >= 4 is 11.9 Å². The summed E-state index contributed by atoms with van der Waals surface area (Å²) in [6.07, 6.45) is 2.10. The van der Waals surface area contributed by atoms with Crippen LogP contribution in [0.15, 0.2) is 24.4 Å². The number of hydrogen-bond donors (Lipinski definition) is 1. The summed E-state index contributed by atoms with van der Waals surface area (Å²) in [4.78, 5) is 26.3. The van der Waals surface area contributed by atoms with Crippen molar-refractivity contribution in [3.05, 3.63) is 35.7 Å². The van der Waals surface area contributed by atoms with E-state index >= 15 is 0 Å². The summed E-state index contributed by atoms with van der Waals surface area (Å²) < 4.78 is 12.9. The minimum atomic E-state index is -0.647. The molecule has 1 unspecified atom stereocenters. The molecule has 142 valence electrons. The first-order valence-electron chi connectivity index (χ1n) is 8.93. The third-order valence-corrected chi connectivity index (χ3v) is 4.58. The zero-order valence-corrected chi connectivity index (χ0v) is 15.2. The normalized spacial score (nSPS) is 18.9. The number of urea groups is 1. The summed E-state index contributed by atoms with van der Waals surface area (Å²) >= 11 is 0. The number of carbonyl (C=O) groups excluding carboxylic acids is 2. The molecular weight excluding hydrogens is 350 g/mol. The van der Waals surface area contributed by atoms with E-state index in [0.29, 0.717) is 36.8 Å². The van der Waals surface area contributed by atoms with Crippen LogP contribution in [0.25, 0.3) is 0 Å². The van der Waals surface area contributed by atoms with Crippen molar-refractivity contribution in [1.29, 1.82) is 0 Å². The Morgan fingerprint density at radius 2 is 2.07 bits per heavy atom. The van der Waals surface area contributed by atoms with E-state index < -0.39 is 12.1 Å². The highest BCUT2D eigenvalue weighted by Gasteiger charge is 2.39. The van der Waals surface area contributed by atoms with Crippen LogP contribution in [0.3, 0.4) is 0 Å². The van der Waals surface area contributed by atoms with Gasteiger partial charge in [0.2, 0.25) is 0 Å². The molecule has 2 aliphatic rings. The molecule has 2 aliphatic heterocycles. The highest BCUT2D eigenvalue weighted by molar-refractivity contribution is 6.04. The maximum Gasteiger partial charge on any atom is 0.325 e. The first kappa shape index (κ1) is 17.3. The summed E-state index contributed by atoms with van der Waals surface area (Å²) in [5.74, 6) is 0.939. The van der Waals surface area contributed by atoms with Crippen LogP contribution in [0.2, 0.25) is 0 Å². The Morgan fingerprint density at radius 3 is 2.85 bits per heavy atom. The molecule has 0 aliphatic carbocycles. The molecule has 0 saturated carbocycles. The third-order valence-electron chi connectivity index (χ3n) is 4.58. The Balaban J connectivity index is 1.48. The molecule has 1 N–H and O–H groups in total. The summed E-state index contributed by atoms with van der Waals surface area (Å²) in [7, 11) is 0. The zero-order chi connectivity index (χ0) is 19.0. The number of fused-ring (bicyclic) bond motifs is 1. The number of imide groups is 1. The van der Waals surface area contributed by atoms with Crippen LogP contribution in [-0.4, -0.2) is 51.1 Å². The predicted octanol–water partition coefficient (Wildman–Crippen LogP) is 1.29. The van der Waals surface area contributed by atoms with Crippen molar-refractivity contribution in [3.63, 3.8) is 0 Å². The number of nitrogens with zero attached hydrogens (tertiary/aromatic N) is 4. The fourth-order valence-electron chi connectivity index (χ4n) is 3.16. The third kappa shape index (κ3) is 3.32. The van der Waals surface area contributed by atoms with Gasteiger partial charge in [-0.1, -0.05) is 17.3 Å². The van der Waals surface area contributed by atoms with Crippen LogP contribution >= 0.6 is 0 Å². The molecule has 4 rings (SSSR count). The topological polar surface area (TPSA) is 98.6 Å². The lowest BCUT2D eigenvalue weighted by molar-refractivity contribution is -0.127. The molecule has 2 aromatic rings. The number of amides is 3. The van der Waals surface area contributed by atoms with E-state index in [1.54, 1.807) is 10.9 Å². The Hall–Kier alpha value is -3.10. The van der Waals surface area contributed by atoms with Gasteiger partial charge in [-0.15, -0.1) is 5.10 Å². The Morgan fingerprint density at radius 1 is 1.26 bits per heavy atom. The number of rotatable bonds is 5. The van der Waals surface area contributed by atoms with E-state index in [1.807, 2.05) is 32.0 Å². The van der Waals surface area contributed by atoms with E-state index in [1.165, 1.54) is 4.90 Å². The second-order valence-electron chi connectivity index (χ2n) is 6.86. The fourth-order valence-corrected chi connectivity index (χ4v) is 3.16. The summed E-state index contributed by atoms with van der Waals surface area (Å²) in [5.41, 5.74) is 1.40. The van der Waals surface area contributed by atoms with Crippen molar-refractivity contribution in [2.24, 2.45) is 0 Å². The van der Waals surface area contributed by atoms with Crippen LogP contribution < -0.4 is 14.8 Å². The maximum atomic E-state index is 12.7. The van der Waals surface area contributed by atoms with Gasteiger partial charge in [-0.25, -0.2) is 9.48 Å². The molecular formula is C18H21N5O4. The van der Waals surface area contributed by atoms with Gasteiger partial charge in [0.05, 0.1) is 12.2 Å². The molecule has 9 nitrogen and oxygen atoms in total. The van der Waals surface area contributed by atoms with Gasteiger partial charge in [-0.2, -0.15) is 0 Å². The van der Waals surface area contributed by atoms with Gasteiger partial charge in [0, 0.05) is 24.2 Å². The van der Waals surface area contributed by atoms with Crippen LogP contribution in [0, 0.1) is 0 Å². The van der Waals surface area contributed by atoms with E-state index in [-0.39, 0.29) is 18.5 Å². The lowest BCUT2D eigenvalue weighted by Crippen LogP contribution is -2.32. The minimum Gasteiger partial charge on any atom is -0.486 e. The van der Waals surface area contributed by atoms with E-state index in [0.717, 1.165) is 5.56 Å². The summed E-state index contributed by atoms with van der Waals surface area (Å²) in [6, 6.07) is 4.58. The molecule has 1 aromatic heterocycles. The number of carbonyl (C=O) groups is 2. The SMILES string of the molecule is CC(C)n1cc(CC2NC(=O)N(Cc3cccc4c3OCCO4)C2=O)nn1.